The first-order chi connectivity index (χ1) is 13.0. The Hall–Kier alpha value is -1.47. The van der Waals surface area contributed by atoms with Crippen molar-refractivity contribution >= 4 is 18.3 Å². The summed E-state index contributed by atoms with van der Waals surface area (Å²) in [4.78, 5) is 12.3. The third kappa shape index (κ3) is 6.78. The largest absolute Gasteiger partial charge is 0.488 e. The van der Waals surface area contributed by atoms with Gasteiger partial charge in [0.25, 0.3) is 0 Å². The molecular weight excluding hydrogens is 405 g/mol. The first-order valence-electron chi connectivity index (χ1n) is 9.91. The summed E-state index contributed by atoms with van der Waals surface area (Å²) in [6.45, 7) is 5.20. The Balaban J connectivity index is 0.00000300. The Bertz CT molecular complexity index is 707. The fraction of sp³-hybridized carbons (Fsp3) is 0.667. The minimum Gasteiger partial charge on any atom is -0.488 e. The van der Waals surface area contributed by atoms with E-state index < -0.39 is 17.3 Å². The molecule has 0 aromatic heterocycles. The van der Waals surface area contributed by atoms with Crippen LogP contribution in [-0.4, -0.2) is 23.6 Å². The van der Waals surface area contributed by atoms with Gasteiger partial charge in [0, 0.05) is 25.0 Å². The predicted octanol–water partition coefficient (Wildman–Crippen LogP) is 4.84. The third-order valence-electron chi connectivity index (χ3n) is 5.33. The van der Waals surface area contributed by atoms with Crippen LogP contribution in [0.1, 0.15) is 64.0 Å². The lowest BCUT2D eigenvalue weighted by atomic mass is 9.89. The number of alkyl halides is 3. The molecular formula is C21H30ClF3N2O2. The minimum absolute atomic E-state index is 0. The number of amides is 1. The lowest BCUT2D eigenvalue weighted by molar-refractivity contribution is -0.138. The summed E-state index contributed by atoms with van der Waals surface area (Å²) in [6.07, 6.45) is 0.112. The van der Waals surface area contributed by atoms with Gasteiger partial charge in [-0.25, -0.2) is 0 Å². The average Bonchev–Trinajstić information content (AvgIpc) is 2.90. The number of nitrogens with one attached hydrogen (secondary N) is 2. The molecule has 0 aliphatic carbocycles. The molecule has 1 aromatic rings. The number of fused-ring (bicyclic) bond motifs is 2. The second kappa shape index (κ2) is 9.13. The van der Waals surface area contributed by atoms with Gasteiger partial charge in [0.1, 0.15) is 11.4 Å². The van der Waals surface area contributed by atoms with E-state index in [0.29, 0.717) is 24.4 Å². The number of halogens is 4. The van der Waals surface area contributed by atoms with Crippen LogP contribution in [0.25, 0.3) is 0 Å². The van der Waals surface area contributed by atoms with Crippen molar-refractivity contribution in [2.45, 2.75) is 83.3 Å². The van der Waals surface area contributed by atoms with Gasteiger partial charge < -0.3 is 15.4 Å². The predicted molar refractivity (Wildman–Crippen MR) is 108 cm³/mol. The summed E-state index contributed by atoms with van der Waals surface area (Å²) in [7, 11) is 0. The van der Waals surface area contributed by atoms with Crippen molar-refractivity contribution in [2.75, 3.05) is 0 Å². The van der Waals surface area contributed by atoms with Gasteiger partial charge in [-0.2, -0.15) is 13.2 Å². The summed E-state index contributed by atoms with van der Waals surface area (Å²) in [6, 6.07) is 4.89. The van der Waals surface area contributed by atoms with E-state index in [9.17, 15) is 18.0 Å². The van der Waals surface area contributed by atoms with Crippen molar-refractivity contribution in [1.82, 2.24) is 10.6 Å². The molecule has 2 heterocycles. The molecule has 1 amide bonds. The maximum atomic E-state index is 13.5. The highest BCUT2D eigenvalue weighted by Gasteiger charge is 2.35. The van der Waals surface area contributed by atoms with Crippen LogP contribution in [0.5, 0.6) is 5.75 Å². The first kappa shape index (κ1) is 23.8. The van der Waals surface area contributed by atoms with Crippen LogP contribution in [-0.2, 0) is 17.5 Å². The van der Waals surface area contributed by atoms with E-state index in [1.807, 2.05) is 0 Å². The van der Waals surface area contributed by atoms with Crippen molar-refractivity contribution in [3.8, 4) is 5.75 Å². The summed E-state index contributed by atoms with van der Waals surface area (Å²) in [5.41, 5.74) is -1.31. The molecule has 3 rings (SSSR count). The standard InChI is InChI=1S/C21H29F3N2O2.ClH/c1-20(2,3)28-17-7-4-14(18(11-17)21(22,23)24)12-25-19(27)10-13-8-15-5-6-16(9-13)26-15;/h4,7,11,13,15-16,26H,5-6,8-10,12H2,1-3H3,(H,25,27);1H. The molecule has 4 nitrogen and oxygen atoms in total. The van der Waals surface area contributed by atoms with Crippen LogP contribution in [0.2, 0.25) is 0 Å². The molecule has 2 aliphatic rings. The van der Waals surface area contributed by atoms with Crippen molar-refractivity contribution in [1.29, 1.82) is 0 Å². The van der Waals surface area contributed by atoms with Gasteiger partial charge in [0.15, 0.2) is 0 Å². The molecule has 2 N–H and O–H groups in total. The van der Waals surface area contributed by atoms with Crippen LogP contribution in [0.4, 0.5) is 13.2 Å². The number of hydrogen-bond acceptors (Lipinski definition) is 3. The fourth-order valence-electron chi connectivity index (χ4n) is 4.26. The summed E-state index contributed by atoms with van der Waals surface area (Å²) in [5.74, 6) is 0.290. The van der Waals surface area contributed by atoms with Gasteiger partial charge in [-0.05, 0) is 70.1 Å². The molecule has 164 valence electrons. The van der Waals surface area contributed by atoms with Crippen LogP contribution in [0, 0.1) is 5.92 Å². The minimum atomic E-state index is -4.51. The molecule has 29 heavy (non-hydrogen) atoms. The zero-order chi connectivity index (χ0) is 20.5. The zero-order valence-electron chi connectivity index (χ0n) is 17.1. The van der Waals surface area contributed by atoms with Crippen LogP contribution < -0.4 is 15.4 Å². The van der Waals surface area contributed by atoms with Gasteiger partial charge in [-0.3, -0.25) is 4.79 Å². The summed E-state index contributed by atoms with van der Waals surface area (Å²) >= 11 is 0. The monoisotopic (exact) mass is 434 g/mol. The highest BCUT2D eigenvalue weighted by Crippen LogP contribution is 2.36. The molecule has 1 aromatic carbocycles. The molecule has 2 fully saturated rings. The van der Waals surface area contributed by atoms with E-state index in [2.05, 4.69) is 10.6 Å². The molecule has 2 bridgehead atoms. The first-order valence-corrected chi connectivity index (χ1v) is 9.91. The Morgan fingerprint density at radius 1 is 1.17 bits per heavy atom. The number of rotatable bonds is 5. The van der Waals surface area contributed by atoms with Gasteiger partial charge in [0.2, 0.25) is 5.91 Å². The lowest BCUT2D eigenvalue weighted by Gasteiger charge is -2.28. The van der Waals surface area contributed by atoms with Crippen molar-refractivity contribution in [3.63, 3.8) is 0 Å². The van der Waals surface area contributed by atoms with Crippen molar-refractivity contribution in [2.24, 2.45) is 5.92 Å². The molecule has 0 spiro atoms. The highest BCUT2D eigenvalue weighted by atomic mass is 35.5. The number of benzene rings is 1. The van der Waals surface area contributed by atoms with E-state index in [0.717, 1.165) is 31.7 Å². The molecule has 0 saturated carbocycles. The molecule has 2 atom stereocenters. The Morgan fingerprint density at radius 2 is 1.79 bits per heavy atom. The smallest absolute Gasteiger partial charge is 0.416 e. The maximum absolute atomic E-state index is 13.5. The molecule has 2 aliphatic heterocycles. The topological polar surface area (TPSA) is 50.4 Å². The fourth-order valence-corrected chi connectivity index (χ4v) is 4.26. The Kier molecular flexibility index (Phi) is 7.49. The van der Waals surface area contributed by atoms with E-state index >= 15 is 0 Å². The van der Waals surface area contributed by atoms with Crippen molar-refractivity contribution in [3.05, 3.63) is 29.3 Å². The highest BCUT2D eigenvalue weighted by molar-refractivity contribution is 5.85. The quantitative estimate of drug-likeness (QED) is 0.697. The number of ether oxygens (including phenoxy) is 1. The van der Waals surface area contributed by atoms with Crippen LogP contribution in [0.15, 0.2) is 18.2 Å². The summed E-state index contributed by atoms with van der Waals surface area (Å²) in [5, 5.41) is 6.20. The Morgan fingerprint density at radius 3 is 2.34 bits per heavy atom. The molecule has 2 unspecified atom stereocenters. The summed E-state index contributed by atoms with van der Waals surface area (Å²) < 4.78 is 46.0. The SMILES string of the molecule is CC(C)(C)Oc1ccc(CNC(=O)CC2CC3CCC(C2)N3)c(C(F)(F)F)c1.Cl. The normalized spacial score (nSPS) is 24.0. The lowest BCUT2D eigenvalue weighted by Crippen LogP contribution is -2.39. The van der Waals surface area contributed by atoms with Gasteiger partial charge in [-0.15, -0.1) is 12.4 Å². The van der Waals surface area contributed by atoms with Gasteiger partial charge >= 0.3 is 6.18 Å². The third-order valence-corrected chi connectivity index (χ3v) is 5.33. The van der Waals surface area contributed by atoms with Gasteiger partial charge in [0.05, 0.1) is 5.56 Å². The Labute approximate surface area is 176 Å². The maximum Gasteiger partial charge on any atom is 0.416 e. The molecule has 8 heteroatoms. The number of hydrogen-bond donors (Lipinski definition) is 2. The number of piperidine rings is 1. The number of carbonyl (C=O) groups is 1. The zero-order valence-corrected chi connectivity index (χ0v) is 17.9. The van der Waals surface area contributed by atoms with Gasteiger partial charge in [-0.1, -0.05) is 6.07 Å². The molecule has 2 saturated heterocycles. The number of carbonyl (C=O) groups excluding carboxylic acids is 1. The van der Waals surface area contributed by atoms with Crippen LogP contribution >= 0.6 is 12.4 Å². The van der Waals surface area contributed by atoms with E-state index in [4.69, 9.17) is 4.74 Å². The second-order valence-corrected chi connectivity index (χ2v) is 8.99. The molecule has 0 radical (unpaired) electrons. The van der Waals surface area contributed by atoms with E-state index in [1.165, 1.54) is 12.1 Å². The van der Waals surface area contributed by atoms with E-state index in [-0.39, 0.29) is 36.2 Å². The average molecular weight is 435 g/mol. The van der Waals surface area contributed by atoms with E-state index in [1.54, 1.807) is 20.8 Å². The van der Waals surface area contributed by atoms with Crippen molar-refractivity contribution < 1.29 is 22.7 Å². The second-order valence-electron chi connectivity index (χ2n) is 8.99. The van der Waals surface area contributed by atoms with Crippen LogP contribution in [0.3, 0.4) is 0 Å².